The van der Waals surface area contributed by atoms with Crippen molar-refractivity contribution >= 4 is 17.4 Å². The lowest BCUT2D eigenvalue weighted by Crippen LogP contribution is -2.23. The highest BCUT2D eigenvalue weighted by atomic mass is 35.5. The van der Waals surface area contributed by atoms with Crippen molar-refractivity contribution in [3.05, 3.63) is 34.9 Å². The molecule has 1 aliphatic carbocycles. The number of carbonyl (C=O) groups is 1. The van der Waals surface area contributed by atoms with E-state index in [0.717, 1.165) is 37.7 Å². The number of hydrogen-bond donors (Lipinski definition) is 3. The van der Waals surface area contributed by atoms with Crippen molar-refractivity contribution in [3.8, 4) is 11.8 Å². The number of carbonyl (C=O) groups excluding carboxylic acids is 1. The summed E-state index contributed by atoms with van der Waals surface area (Å²) in [4.78, 5) is 11.0. The molecule has 0 aromatic heterocycles. The number of aliphatic hydroxyl groups excluding tert-OH is 3. The Morgan fingerprint density at radius 3 is 2.34 bits per heavy atom. The van der Waals surface area contributed by atoms with Gasteiger partial charge in [0.2, 0.25) is 0 Å². The second-order valence-corrected chi connectivity index (χ2v) is 8.66. The second-order valence-electron chi connectivity index (χ2n) is 8.22. The maximum absolute atomic E-state index is 11.0. The Morgan fingerprint density at radius 2 is 1.69 bits per heavy atom. The first-order chi connectivity index (χ1) is 13.9. The summed E-state index contributed by atoms with van der Waals surface area (Å²) < 4.78 is 0. The molecule has 0 saturated heterocycles. The van der Waals surface area contributed by atoms with Crippen molar-refractivity contribution in [3.63, 3.8) is 0 Å². The smallest absolute Gasteiger partial charge is 0.129 e. The Hall–Kier alpha value is -1.38. The summed E-state index contributed by atoms with van der Waals surface area (Å²) in [6.45, 7) is 1.62. The number of aliphatic hydroxyl groups is 3. The monoisotopic (exact) mass is 420 g/mol. The molecule has 0 amide bonds. The minimum atomic E-state index is -0.761. The molecular weight excluding hydrogens is 388 g/mol. The second kappa shape index (κ2) is 12.3. The van der Waals surface area contributed by atoms with E-state index in [1.165, 1.54) is 0 Å². The van der Waals surface area contributed by atoms with Crippen LogP contribution in [0.4, 0.5) is 0 Å². The maximum Gasteiger partial charge on any atom is 0.129 e. The molecule has 5 heteroatoms. The Bertz CT molecular complexity index is 691. The SMILES string of the molecule is CC(=O)CCCCCC[C@@H]1[C@@H](CCC(O)C#Cc2ccc(Cl)cc2)[C@H](O)C[C@@H]1O. The molecule has 29 heavy (non-hydrogen) atoms. The third-order valence-corrected chi connectivity index (χ3v) is 6.09. The fraction of sp³-hybridized carbons (Fsp3) is 0.625. The van der Waals surface area contributed by atoms with Gasteiger partial charge in [0.25, 0.3) is 0 Å². The molecule has 1 saturated carbocycles. The Labute approximate surface area is 179 Å². The zero-order chi connectivity index (χ0) is 21.2. The van der Waals surface area contributed by atoms with E-state index >= 15 is 0 Å². The summed E-state index contributed by atoms with van der Waals surface area (Å²) >= 11 is 5.85. The van der Waals surface area contributed by atoms with Crippen molar-refractivity contribution in [1.29, 1.82) is 0 Å². The van der Waals surface area contributed by atoms with E-state index in [1.807, 2.05) is 12.1 Å². The van der Waals surface area contributed by atoms with Crippen LogP contribution in [0.2, 0.25) is 5.02 Å². The molecule has 1 unspecified atom stereocenters. The van der Waals surface area contributed by atoms with Crippen LogP contribution in [0.3, 0.4) is 0 Å². The molecule has 1 aromatic rings. The lowest BCUT2D eigenvalue weighted by molar-refractivity contribution is -0.117. The number of Topliss-reactive ketones (excluding diaryl/α,β-unsaturated/α-hetero) is 1. The van der Waals surface area contributed by atoms with Gasteiger partial charge in [0.1, 0.15) is 11.9 Å². The quantitative estimate of drug-likeness (QED) is 0.393. The van der Waals surface area contributed by atoms with Crippen LogP contribution in [-0.2, 0) is 4.79 Å². The number of hydrogen-bond acceptors (Lipinski definition) is 4. The summed E-state index contributed by atoms with van der Waals surface area (Å²) in [6.07, 6.45) is 5.24. The summed E-state index contributed by atoms with van der Waals surface area (Å²) in [5.74, 6) is 6.09. The van der Waals surface area contributed by atoms with E-state index in [9.17, 15) is 20.1 Å². The van der Waals surface area contributed by atoms with E-state index < -0.39 is 18.3 Å². The summed E-state index contributed by atoms with van der Waals surface area (Å²) in [7, 11) is 0. The first-order valence-electron chi connectivity index (χ1n) is 10.7. The zero-order valence-corrected chi connectivity index (χ0v) is 17.9. The van der Waals surface area contributed by atoms with Crippen molar-refractivity contribution in [2.45, 2.75) is 83.0 Å². The molecule has 5 atom stereocenters. The Balaban J connectivity index is 1.77. The van der Waals surface area contributed by atoms with Gasteiger partial charge in [-0.2, -0.15) is 0 Å². The molecular formula is C24H33ClO4. The molecule has 2 rings (SSSR count). The van der Waals surface area contributed by atoms with Crippen molar-refractivity contribution in [2.24, 2.45) is 11.8 Å². The van der Waals surface area contributed by atoms with Gasteiger partial charge in [0, 0.05) is 17.0 Å². The predicted molar refractivity (Wildman–Crippen MR) is 116 cm³/mol. The van der Waals surface area contributed by atoms with Crippen molar-refractivity contribution in [1.82, 2.24) is 0 Å². The molecule has 1 fully saturated rings. The summed E-state index contributed by atoms with van der Waals surface area (Å²) in [5, 5.41) is 31.5. The molecule has 0 bridgehead atoms. The third-order valence-electron chi connectivity index (χ3n) is 5.84. The van der Waals surface area contributed by atoms with Crippen LogP contribution in [0.1, 0.15) is 70.3 Å². The highest BCUT2D eigenvalue weighted by Crippen LogP contribution is 2.39. The van der Waals surface area contributed by atoms with Crippen LogP contribution < -0.4 is 0 Å². The number of benzene rings is 1. The average Bonchev–Trinajstić information content (AvgIpc) is 2.94. The van der Waals surface area contributed by atoms with Gasteiger partial charge in [-0.15, -0.1) is 0 Å². The molecule has 1 aromatic carbocycles. The van der Waals surface area contributed by atoms with Gasteiger partial charge in [0.05, 0.1) is 12.2 Å². The zero-order valence-electron chi connectivity index (χ0n) is 17.2. The van der Waals surface area contributed by atoms with Gasteiger partial charge in [-0.25, -0.2) is 0 Å². The lowest BCUT2D eigenvalue weighted by atomic mass is 9.85. The molecule has 160 valence electrons. The van der Waals surface area contributed by atoms with Crippen LogP contribution >= 0.6 is 11.6 Å². The van der Waals surface area contributed by atoms with E-state index in [1.54, 1.807) is 19.1 Å². The lowest BCUT2D eigenvalue weighted by Gasteiger charge is -2.24. The van der Waals surface area contributed by atoms with Crippen LogP contribution in [0.5, 0.6) is 0 Å². The van der Waals surface area contributed by atoms with E-state index in [2.05, 4.69) is 11.8 Å². The van der Waals surface area contributed by atoms with Crippen molar-refractivity contribution in [2.75, 3.05) is 0 Å². The minimum absolute atomic E-state index is 0.00537. The minimum Gasteiger partial charge on any atom is -0.393 e. The van der Waals surface area contributed by atoms with Gasteiger partial charge < -0.3 is 20.1 Å². The number of rotatable bonds is 10. The predicted octanol–water partition coefficient (Wildman–Crippen LogP) is 4.12. The Kier molecular flexibility index (Phi) is 10.2. The van der Waals surface area contributed by atoms with Crippen LogP contribution in [0.15, 0.2) is 24.3 Å². The molecule has 4 nitrogen and oxygen atoms in total. The number of unbranched alkanes of at least 4 members (excludes halogenated alkanes) is 3. The first kappa shape index (κ1) is 23.9. The summed E-state index contributed by atoms with van der Waals surface area (Å²) in [6, 6.07) is 7.15. The molecule has 0 heterocycles. The maximum atomic E-state index is 11.0. The third kappa shape index (κ3) is 8.48. The van der Waals surface area contributed by atoms with Gasteiger partial charge in [-0.1, -0.05) is 42.7 Å². The fourth-order valence-corrected chi connectivity index (χ4v) is 4.34. The molecule has 3 N–H and O–H groups in total. The molecule has 0 spiro atoms. The van der Waals surface area contributed by atoms with Gasteiger partial charge in [-0.3, -0.25) is 0 Å². The van der Waals surface area contributed by atoms with Crippen LogP contribution in [0, 0.1) is 23.7 Å². The van der Waals surface area contributed by atoms with Gasteiger partial charge in [-0.05, 0) is 75.1 Å². The average molecular weight is 421 g/mol. The van der Waals surface area contributed by atoms with E-state index in [0.29, 0.717) is 30.7 Å². The molecule has 0 aliphatic heterocycles. The highest BCUT2D eigenvalue weighted by Gasteiger charge is 2.40. The van der Waals surface area contributed by atoms with Gasteiger partial charge in [0.15, 0.2) is 0 Å². The largest absolute Gasteiger partial charge is 0.393 e. The number of halogens is 1. The number of ketones is 1. The molecule has 0 radical (unpaired) electrons. The summed E-state index contributed by atoms with van der Waals surface area (Å²) in [5.41, 5.74) is 0.799. The highest BCUT2D eigenvalue weighted by molar-refractivity contribution is 6.30. The van der Waals surface area contributed by atoms with Crippen LogP contribution in [0.25, 0.3) is 0 Å². The fourth-order valence-electron chi connectivity index (χ4n) is 4.21. The van der Waals surface area contributed by atoms with Crippen LogP contribution in [-0.4, -0.2) is 39.4 Å². The van der Waals surface area contributed by atoms with Gasteiger partial charge >= 0.3 is 0 Å². The normalized spacial score (nSPS) is 24.7. The van der Waals surface area contributed by atoms with Crippen molar-refractivity contribution < 1.29 is 20.1 Å². The standard InChI is InChI=1S/C24H33ClO4/c1-17(26)6-4-2-3-5-7-21-22(24(29)16-23(21)28)15-14-20(27)13-10-18-8-11-19(25)12-9-18/h8-9,11-12,20-24,27-29H,2-7,14-16H2,1H3/t20?,21-,22-,23+,24-/m1/s1. The Morgan fingerprint density at radius 1 is 1.07 bits per heavy atom. The molecule has 1 aliphatic rings. The topological polar surface area (TPSA) is 77.8 Å². The van der Waals surface area contributed by atoms with E-state index in [-0.39, 0.29) is 17.6 Å². The first-order valence-corrected chi connectivity index (χ1v) is 11.1. The van der Waals surface area contributed by atoms with E-state index in [4.69, 9.17) is 11.6 Å².